The van der Waals surface area contributed by atoms with E-state index in [4.69, 9.17) is 2.81 Å². The van der Waals surface area contributed by atoms with Gasteiger partial charge >= 0.3 is 47.9 Å². The van der Waals surface area contributed by atoms with Crippen molar-refractivity contribution in [1.29, 1.82) is 0 Å². The van der Waals surface area contributed by atoms with E-state index in [1.54, 1.807) is 0 Å². The molecule has 0 unspecified atom stereocenters. The van der Waals surface area contributed by atoms with E-state index in [-0.39, 0.29) is 11.0 Å². The molecule has 0 aliphatic heterocycles. The minimum Gasteiger partial charge on any atom is -0.412 e. The SMILES string of the molecule is CC(C)[O][Bi].O.O. The topological polar surface area (TPSA) is 72.2 Å². The second-order valence-electron chi connectivity index (χ2n) is 1.15. The average Bonchev–Trinajstić information content (AvgIpc) is 1.38. The molecule has 0 amide bonds. The molecule has 0 spiro atoms. The average molecular weight is 304 g/mol. The van der Waals surface area contributed by atoms with Crippen molar-refractivity contribution in [2.24, 2.45) is 0 Å². The third-order valence-electron chi connectivity index (χ3n) is 0.211. The van der Waals surface area contributed by atoms with Crippen molar-refractivity contribution in [3.63, 3.8) is 0 Å². The number of hydrogen-bond acceptors (Lipinski definition) is 1. The molecule has 0 atom stereocenters. The zero-order chi connectivity index (χ0) is 4.28. The first kappa shape index (κ1) is 15.7. The zero-order valence-electron chi connectivity index (χ0n) is 4.43. The second kappa shape index (κ2) is 9.90. The molecular formula is C3H11BiO3. The van der Waals surface area contributed by atoms with E-state index in [2.05, 4.69) is 0 Å². The Kier molecular flexibility index (Phi) is 22.1. The summed E-state index contributed by atoms with van der Waals surface area (Å²) in [6.45, 7) is 4.06. The van der Waals surface area contributed by atoms with Gasteiger partial charge in [0, 0.05) is 0 Å². The standard InChI is InChI=1S/C3H7O.Bi.2H2O/c1-3(2)4;;;/h3H,1-2H3;;2*1H2/q-1;+1;;. The first-order valence-electron chi connectivity index (χ1n) is 1.57. The molecule has 0 saturated carbocycles. The maximum atomic E-state index is 4.86. The van der Waals surface area contributed by atoms with E-state index in [0.29, 0.717) is 6.10 Å². The van der Waals surface area contributed by atoms with Gasteiger partial charge in [0.15, 0.2) is 0 Å². The van der Waals surface area contributed by atoms with Gasteiger partial charge in [-0.2, -0.15) is 0 Å². The van der Waals surface area contributed by atoms with Crippen LogP contribution < -0.4 is 0 Å². The molecule has 0 rings (SSSR count). The van der Waals surface area contributed by atoms with E-state index in [1.165, 1.54) is 0 Å². The van der Waals surface area contributed by atoms with Crippen LogP contribution in [0.4, 0.5) is 0 Å². The molecule has 3 nitrogen and oxygen atoms in total. The van der Waals surface area contributed by atoms with Crippen LogP contribution in [0.15, 0.2) is 0 Å². The quantitative estimate of drug-likeness (QED) is 0.564. The van der Waals surface area contributed by atoms with Crippen LogP contribution in [0.1, 0.15) is 13.8 Å². The van der Waals surface area contributed by atoms with Crippen molar-refractivity contribution < 1.29 is 13.8 Å². The van der Waals surface area contributed by atoms with Crippen LogP contribution in [-0.2, 0) is 2.81 Å². The van der Waals surface area contributed by atoms with Crippen LogP contribution in [0, 0.1) is 0 Å². The van der Waals surface area contributed by atoms with Crippen LogP contribution in [0.2, 0.25) is 0 Å². The molecule has 0 aromatic rings. The van der Waals surface area contributed by atoms with Crippen molar-refractivity contribution in [1.82, 2.24) is 0 Å². The van der Waals surface area contributed by atoms with Crippen molar-refractivity contribution in [2.45, 2.75) is 20.0 Å². The Labute approximate surface area is 59.1 Å². The molecule has 4 N–H and O–H groups in total. The zero-order valence-corrected chi connectivity index (χ0v) is 7.91. The Balaban J connectivity index is -0.0000000800. The van der Waals surface area contributed by atoms with E-state index in [0.717, 1.165) is 25.2 Å². The third kappa shape index (κ3) is 20.1. The van der Waals surface area contributed by atoms with Gasteiger partial charge in [-0.3, -0.25) is 0 Å². The monoisotopic (exact) mass is 304 g/mol. The number of rotatable bonds is 1. The van der Waals surface area contributed by atoms with Crippen LogP contribution >= 0.6 is 0 Å². The number of hydrogen-bond donors (Lipinski definition) is 0. The molecule has 0 aliphatic carbocycles. The van der Waals surface area contributed by atoms with Gasteiger partial charge in [-0.25, -0.2) is 0 Å². The Morgan fingerprint density at radius 3 is 1.43 bits per heavy atom. The van der Waals surface area contributed by atoms with Gasteiger partial charge in [-0.1, -0.05) is 0 Å². The molecule has 0 aliphatic rings. The fourth-order valence-corrected chi connectivity index (χ4v) is 0. The summed E-state index contributed by atoms with van der Waals surface area (Å²) >= 11 is 1.04. The van der Waals surface area contributed by atoms with Crippen LogP contribution in [0.3, 0.4) is 0 Å². The second-order valence-corrected chi connectivity index (χ2v) is 1.97. The Morgan fingerprint density at radius 1 is 1.29 bits per heavy atom. The molecule has 0 aromatic carbocycles. The summed E-state index contributed by atoms with van der Waals surface area (Å²) in [6, 6.07) is 0. The molecule has 46 valence electrons. The molecule has 7 heavy (non-hydrogen) atoms. The van der Waals surface area contributed by atoms with Gasteiger partial charge < -0.3 is 11.0 Å². The van der Waals surface area contributed by atoms with E-state index in [1.807, 2.05) is 13.8 Å². The summed E-state index contributed by atoms with van der Waals surface area (Å²) < 4.78 is 4.86. The summed E-state index contributed by atoms with van der Waals surface area (Å²) in [5.74, 6) is 0. The largest absolute Gasteiger partial charge is 0.412 e. The Morgan fingerprint density at radius 2 is 1.43 bits per heavy atom. The van der Waals surface area contributed by atoms with Crippen molar-refractivity contribution >= 4 is 25.2 Å². The van der Waals surface area contributed by atoms with Gasteiger partial charge in [0.25, 0.3) is 0 Å². The summed E-state index contributed by atoms with van der Waals surface area (Å²) in [4.78, 5) is 0. The minimum atomic E-state index is 0. The van der Waals surface area contributed by atoms with Gasteiger partial charge in [0.1, 0.15) is 0 Å². The summed E-state index contributed by atoms with van der Waals surface area (Å²) in [5.41, 5.74) is 0. The Bertz CT molecular complexity index is 24.1. The smallest absolute Gasteiger partial charge is 0.412 e. The van der Waals surface area contributed by atoms with E-state index < -0.39 is 0 Å². The van der Waals surface area contributed by atoms with Crippen LogP contribution in [0.5, 0.6) is 0 Å². The first-order valence-corrected chi connectivity index (χ1v) is 2.99. The van der Waals surface area contributed by atoms with Gasteiger partial charge in [0.05, 0.1) is 0 Å². The summed E-state index contributed by atoms with van der Waals surface area (Å²) in [6.07, 6.45) is 0.434. The van der Waals surface area contributed by atoms with E-state index >= 15 is 0 Å². The third-order valence-corrected chi connectivity index (χ3v) is 1.85. The van der Waals surface area contributed by atoms with Gasteiger partial charge in [0.2, 0.25) is 0 Å². The minimum absolute atomic E-state index is 0. The molecule has 2 radical (unpaired) electrons. The summed E-state index contributed by atoms with van der Waals surface area (Å²) in [7, 11) is 0. The molecule has 4 heteroatoms. The molecule has 0 saturated heterocycles. The van der Waals surface area contributed by atoms with E-state index in [9.17, 15) is 0 Å². The van der Waals surface area contributed by atoms with Crippen LogP contribution in [0.25, 0.3) is 0 Å². The Hall–Kier alpha value is 0.763. The van der Waals surface area contributed by atoms with Crippen molar-refractivity contribution in [2.75, 3.05) is 0 Å². The van der Waals surface area contributed by atoms with Gasteiger partial charge in [-0.15, -0.1) is 0 Å². The predicted molar refractivity (Wildman–Crippen MR) is 29.2 cm³/mol. The fourth-order valence-electron chi connectivity index (χ4n) is 0. The van der Waals surface area contributed by atoms with Gasteiger partial charge in [-0.05, 0) is 0 Å². The fraction of sp³-hybridized carbons (Fsp3) is 1.00. The molecule has 0 bridgehead atoms. The maximum Gasteiger partial charge on any atom is -0.412 e. The molecule has 0 heterocycles. The predicted octanol–water partition coefficient (Wildman–Crippen LogP) is -1.15. The van der Waals surface area contributed by atoms with Crippen LogP contribution in [-0.4, -0.2) is 42.2 Å². The normalized spacial score (nSPS) is 6.86. The first-order chi connectivity index (χ1) is 2.27. The van der Waals surface area contributed by atoms with Crippen molar-refractivity contribution in [3.8, 4) is 0 Å². The molecule has 0 fully saturated rings. The molecular weight excluding hydrogens is 293 g/mol. The molecule has 0 aromatic heterocycles. The maximum absolute atomic E-state index is 4.86. The van der Waals surface area contributed by atoms with Crippen molar-refractivity contribution in [3.05, 3.63) is 0 Å². The summed E-state index contributed by atoms with van der Waals surface area (Å²) in [5, 5.41) is 0.